The van der Waals surface area contributed by atoms with Crippen LogP contribution in [0.3, 0.4) is 0 Å². The first kappa shape index (κ1) is 16.4. The Balaban J connectivity index is 1.64. The van der Waals surface area contributed by atoms with Crippen molar-refractivity contribution in [3.63, 3.8) is 0 Å². The standard InChI is InChI=1S/C19H24N4O/c1-14(2)15-6-8-17(9-7-15)22-19-20-12-16(13-21-19)18(24)23-10-4-3-5-11-23/h6-9,12-14H,3-5,10-11H2,1-2H3,(H,20,21,22). The number of carbonyl (C=O) groups excluding carboxylic acids is 1. The first-order valence-corrected chi connectivity index (χ1v) is 8.62. The fourth-order valence-corrected chi connectivity index (χ4v) is 2.86. The number of hydrogen-bond acceptors (Lipinski definition) is 4. The topological polar surface area (TPSA) is 58.1 Å². The molecule has 3 rings (SSSR count). The Hall–Kier alpha value is -2.43. The predicted octanol–water partition coefficient (Wildman–Crippen LogP) is 3.97. The molecule has 24 heavy (non-hydrogen) atoms. The second-order valence-corrected chi connectivity index (χ2v) is 6.55. The lowest BCUT2D eigenvalue weighted by Crippen LogP contribution is -2.35. The number of nitrogens with one attached hydrogen (secondary N) is 1. The van der Waals surface area contributed by atoms with Gasteiger partial charge in [-0.3, -0.25) is 4.79 Å². The van der Waals surface area contributed by atoms with E-state index >= 15 is 0 Å². The summed E-state index contributed by atoms with van der Waals surface area (Å²) in [6.45, 7) is 6.01. The van der Waals surface area contributed by atoms with Gasteiger partial charge in [-0.25, -0.2) is 9.97 Å². The molecule has 1 N–H and O–H groups in total. The van der Waals surface area contributed by atoms with Crippen LogP contribution in [-0.2, 0) is 0 Å². The van der Waals surface area contributed by atoms with Crippen molar-refractivity contribution in [2.24, 2.45) is 0 Å². The summed E-state index contributed by atoms with van der Waals surface area (Å²) in [6, 6.07) is 8.24. The molecule has 126 valence electrons. The Morgan fingerprint density at radius 2 is 1.67 bits per heavy atom. The number of aromatic nitrogens is 2. The third-order valence-electron chi connectivity index (χ3n) is 4.38. The summed E-state index contributed by atoms with van der Waals surface area (Å²) in [7, 11) is 0. The molecule has 0 radical (unpaired) electrons. The molecule has 0 saturated carbocycles. The molecular weight excluding hydrogens is 300 g/mol. The maximum absolute atomic E-state index is 12.4. The fraction of sp³-hybridized carbons (Fsp3) is 0.421. The Labute approximate surface area is 143 Å². The normalized spacial score (nSPS) is 14.7. The molecule has 1 saturated heterocycles. The van der Waals surface area contributed by atoms with E-state index in [9.17, 15) is 4.79 Å². The smallest absolute Gasteiger partial charge is 0.256 e. The molecule has 0 bridgehead atoms. The molecule has 0 aliphatic carbocycles. The van der Waals surface area contributed by atoms with E-state index in [0.717, 1.165) is 31.6 Å². The van der Waals surface area contributed by atoms with Crippen LogP contribution in [0, 0.1) is 0 Å². The zero-order chi connectivity index (χ0) is 16.9. The lowest BCUT2D eigenvalue weighted by Gasteiger charge is -2.26. The van der Waals surface area contributed by atoms with Crippen molar-refractivity contribution in [3.05, 3.63) is 47.8 Å². The molecule has 1 aromatic heterocycles. The van der Waals surface area contributed by atoms with E-state index in [1.165, 1.54) is 12.0 Å². The number of anilines is 2. The molecule has 1 aliphatic rings. The third-order valence-corrected chi connectivity index (χ3v) is 4.38. The first-order valence-electron chi connectivity index (χ1n) is 8.62. The van der Waals surface area contributed by atoms with Crippen LogP contribution in [0.15, 0.2) is 36.7 Å². The number of piperidine rings is 1. The molecule has 0 atom stereocenters. The minimum Gasteiger partial charge on any atom is -0.339 e. The molecule has 0 spiro atoms. The highest BCUT2D eigenvalue weighted by atomic mass is 16.2. The van der Waals surface area contributed by atoms with Gasteiger partial charge in [-0.05, 0) is 42.9 Å². The highest BCUT2D eigenvalue weighted by Gasteiger charge is 2.18. The Morgan fingerprint density at radius 1 is 1.04 bits per heavy atom. The average molecular weight is 324 g/mol. The molecule has 2 aromatic rings. The number of benzene rings is 1. The van der Waals surface area contributed by atoms with E-state index in [2.05, 4.69) is 41.3 Å². The third kappa shape index (κ3) is 3.91. The van der Waals surface area contributed by atoms with E-state index in [-0.39, 0.29) is 5.91 Å². The molecule has 2 heterocycles. The predicted molar refractivity (Wildman–Crippen MR) is 95.6 cm³/mol. The van der Waals surface area contributed by atoms with Crippen molar-refractivity contribution < 1.29 is 4.79 Å². The number of carbonyl (C=O) groups is 1. The fourth-order valence-electron chi connectivity index (χ4n) is 2.86. The number of nitrogens with zero attached hydrogens (tertiary/aromatic N) is 3. The zero-order valence-electron chi connectivity index (χ0n) is 14.3. The largest absolute Gasteiger partial charge is 0.339 e. The van der Waals surface area contributed by atoms with Crippen molar-refractivity contribution in [2.45, 2.75) is 39.0 Å². The minimum atomic E-state index is 0.0301. The lowest BCUT2D eigenvalue weighted by molar-refractivity contribution is 0.0723. The Morgan fingerprint density at radius 3 is 2.25 bits per heavy atom. The Bertz CT molecular complexity index is 674. The number of hydrogen-bond donors (Lipinski definition) is 1. The molecule has 5 nitrogen and oxygen atoms in total. The SMILES string of the molecule is CC(C)c1ccc(Nc2ncc(C(=O)N3CCCCC3)cn2)cc1. The van der Waals surface area contributed by atoms with Crippen LogP contribution in [0.5, 0.6) is 0 Å². The second kappa shape index (κ2) is 7.43. The summed E-state index contributed by atoms with van der Waals surface area (Å²) in [5.74, 6) is 1.04. The van der Waals surface area contributed by atoms with Gasteiger partial charge in [0.2, 0.25) is 5.95 Å². The summed E-state index contributed by atoms with van der Waals surface area (Å²) in [4.78, 5) is 22.8. The quantitative estimate of drug-likeness (QED) is 0.924. The maximum atomic E-state index is 12.4. The molecule has 1 amide bonds. The van der Waals surface area contributed by atoms with Crippen molar-refractivity contribution in [1.29, 1.82) is 0 Å². The van der Waals surface area contributed by atoms with Crippen LogP contribution in [0.25, 0.3) is 0 Å². The van der Waals surface area contributed by atoms with E-state index in [1.807, 2.05) is 17.0 Å². The van der Waals surface area contributed by atoms with Crippen LogP contribution < -0.4 is 5.32 Å². The van der Waals surface area contributed by atoms with Gasteiger partial charge in [-0.2, -0.15) is 0 Å². The zero-order valence-corrected chi connectivity index (χ0v) is 14.3. The molecule has 1 aromatic carbocycles. The average Bonchev–Trinajstić information content (AvgIpc) is 2.63. The number of amides is 1. The maximum Gasteiger partial charge on any atom is 0.256 e. The van der Waals surface area contributed by atoms with Crippen molar-refractivity contribution >= 4 is 17.5 Å². The van der Waals surface area contributed by atoms with Gasteiger partial charge >= 0.3 is 0 Å². The second-order valence-electron chi connectivity index (χ2n) is 6.55. The molecular formula is C19H24N4O. The van der Waals surface area contributed by atoms with E-state index in [1.54, 1.807) is 12.4 Å². The minimum absolute atomic E-state index is 0.0301. The summed E-state index contributed by atoms with van der Waals surface area (Å²) >= 11 is 0. The van der Waals surface area contributed by atoms with E-state index in [0.29, 0.717) is 17.4 Å². The van der Waals surface area contributed by atoms with Gasteiger partial charge < -0.3 is 10.2 Å². The number of rotatable bonds is 4. The van der Waals surface area contributed by atoms with Crippen LogP contribution in [0.2, 0.25) is 0 Å². The van der Waals surface area contributed by atoms with Gasteiger partial charge in [0.1, 0.15) is 0 Å². The van der Waals surface area contributed by atoms with E-state index < -0.39 is 0 Å². The highest BCUT2D eigenvalue weighted by Crippen LogP contribution is 2.19. The Kier molecular flexibility index (Phi) is 5.08. The van der Waals surface area contributed by atoms with Crippen molar-refractivity contribution in [2.75, 3.05) is 18.4 Å². The van der Waals surface area contributed by atoms with Crippen LogP contribution in [0.1, 0.15) is 54.9 Å². The lowest BCUT2D eigenvalue weighted by atomic mass is 10.0. The van der Waals surface area contributed by atoms with E-state index in [4.69, 9.17) is 0 Å². The molecule has 1 fully saturated rings. The van der Waals surface area contributed by atoms with Crippen LogP contribution >= 0.6 is 0 Å². The van der Waals surface area contributed by atoms with Crippen LogP contribution in [-0.4, -0.2) is 33.9 Å². The van der Waals surface area contributed by atoms with Gasteiger partial charge in [0.25, 0.3) is 5.91 Å². The monoisotopic (exact) mass is 324 g/mol. The molecule has 1 aliphatic heterocycles. The van der Waals surface area contributed by atoms with Gasteiger partial charge in [-0.1, -0.05) is 26.0 Å². The van der Waals surface area contributed by atoms with Crippen LogP contribution in [0.4, 0.5) is 11.6 Å². The summed E-state index contributed by atoms with van der Waals surface area (Å²) in [5.41, 5.74) is 2.79. The number of likely N-dealkylation sites (tertiary alicyclic amines) is 1. The van der Waals surface area contributed by atoms with Crippen molar-refractivity contribution in [1.82, 2.24) is 14.9 Å². The van der Waals surface area contributed by atoms with Gasteiger partial charge in [-0.15, -0.1) is 0 Å². The van der Waals surface area contributed by atoms with Gasteiger partial charge in [0, 0.05) is 31.2 Å². The molecule has 0 unspecified atom stereocenters. The highest BCUT2D eigenvalue weighted by molar-refractivity contribution is 5.93. The molecule has 5 heteroatoms. The summed E-state index contributed by atoms with van der Waals surface area (Å²) in [6.07, 6.45) is 6.58. The van der Waals surface area contributed by atoms with Crippen molar-refractivity contribution in [3.8, 4) is 0 Å². The summed E-state index contributed by atoms with van der Waals surface area (Å²) < 4.78 is 0. The first-order chi connectivity index (χ1) is 11.6. The summed E-state index contributed by atoms with van der Waals surface area (Å²) in [5, 5.41) is 3.17. The van der Waals surface area contributed by atoms with Gasteiger partial charge in [0.15, 0.2) is 0 Å². The van der Waals surface area contributed by atoms with Gasteiger partial charge in [0.05, 0.1) is 5.56 Å².